The van der Waals surface area contributed by atoms with Crippen LogP contribution in [0.3, 0.4) is 0 Å². The summed E-state index contributed by atoms with van der Waals surface area (Å²) in [5.41, 5.74) is 10.5. The molecule has 0 spiro atoms. The van der Waals surface area contributed by atoms with Gasteiger partial charge in [-0.25, -0.2) is 14.4 Å². The number of halogens is 1. The Bertz CT molecular complexity index is 967. The summed E-state index contributed by atoms with van der Waals surface area (Å²) in [4.78, 5) is 13.7. The van der Waals surface area contributed by atoms with E-state index in [2.05, 4.69) is 33.8 Å². The Balaban J connectivity index is 1.58. The molecule has 0 amide bonds. The van der Waals surface area contributed by atoms with Crippen molar-refractivity contribution in [3.05, 3.63) is 71.7 Å². The number of rotatable bonds is 4. The fraction of sp³-hybridized carbons (Fsp3) is 0.273. The third-order valence-electron chi connectivity index (χ3n) is 5.15. The van der Waals surface area contributed by atoms with Crippen molar-refractivity contribution >= 4 is 11.6 Å². The molecule has 0 unspecified atom stereocenters. The van der Waals surface area contributed by atoms with E-state index < -0.39 is 0 Å². The van der Waals surface area contributed by atoms with Crippen LogP contribution in [0.2, 0.25) is 0 Å². The zero-order valence-electron chi connectivity index (χ0n) is 16.0. The van der Waals surface area contributed by atoms with Crippen molar-refractivity contribution in [2.24, 2.45) is 5.73 Å². The number of aryl methyl sites for hydroxylation is 1. The van der Waals surface area contributed by atoms with Crippen molar-refractivity contribution in [1.29, 1.82) is 0 Å². The average molecular weight is 377 g/mol. The lowest BCUT2D eigenvalue weighted by atomic mass is 10.1. The molecule has 0 radical (unpaired) electrons. The molecule has 2 heterocycles. The van der Waals surface area contributed by atoms with Crippen LogP contribution >= 0.6 is 0 Å². The van der Waals surface area contributed by atoms with Gasteiger partial charge in [0.15, 0.2) is 0 Å². The minimum absolute atomic E-state index is 0.181. The second kappa shape index (κ2) is 7.94. The van der Waals surface area contributed by atoms with Gasteiger partial charge in [-0.15, -0.1) is 0 Å². The first-order valence-corrected chi connectivity index (χ1v) is 9.54. The normalized spacial score (nSPS) is 14.4. The van der Waals surface area contributed by atoms with Crippen LogP contribution in [0.15, 0.2) is 54.6 Å². The van der Waals surface area contributed by atoms with Gasteiger partial charge in [0.05, 0.1) is 17.1 Å². The average Bonchev–Trinajstić information content (AvgIpc) is 2.74. The van der Waals surface area contributed by atoms with Gasteiger partial charge in [0.2, 0.25) is 5.95 Å². The summed E-state index contributed by atoms with van der Waals surface area (Å²) in [5.74, 6) is 0.508. The van der Waals surface area contributed by atoms with E-state index in [1.54, 1.807) is 6.07 Å². The van der Waals surface area contributed by atoms with E-state index in [0.717, 1.165) is 43.1 Å². The molecule has 6 heteroatoms. The maximum absolute atomic E-state index is 14.1. The molecule has 1 aliphatic rings. The number of hydrogen-bond donors (Lipinski definition) is 1. The minimum atomic E-state index is -0.181. The van der Waals surface area contributed by atoms with Crippen LogP contribution in [-0.4, -0.2) is 36.1 Å². The second-order valence-corrected chi connectivity index (χ2v) is 6.99. The molecule has 2 aromatic carbocycles. The smallest absolute Gasteiger partial charge is 0.226 e. The summed E-state index contributed by atoms with van der Waals surface area (Å²) in [7, 11) is 0. The van der Waals surface area contributed by atoms with E-state index in [-0.39, 0.29) is 5.82 Å². The first kappa shape index (κ1) is 18.4. The van der Waals surface area contributed by atoms with Gasteiger partial charge in [-0.2, -0.15) is 0 Å². The third kappa shape index (κ3) is 3.68. The standard InChI is InChI=1S/C22H24FN5/c1-16-6-2-3-7-18(16)20-14-17(15-24)25-22(26-20)28-12-10-27(11-13-28)21-9-5-4-8-19(21)23/h2-9,14H,10-13,15,24H2,1H3. The summed E-state index contributed by atoms with van der Waals surface area (Å²) >= 11 is 0. The first-order valence-electron chi connectivity index (χ1n) is 9.54. The summed E-state index contributed by atoms with van der Waals surface area (Å²) < 4.78 is 14.1. The van der Waals surface area contributed by atoms with E-state index in [1.807, 2.05) is 30.3 Å². The SMILES string of the molecule is Cc1ccccc1-c1cc(CN)nc(N2CCN(c3ccccc3F)CC2)n1. The number of anilines is 2. The Morgan fingerprint density at radius 2 is 1.61 bits per heavy atom. The van der Waals surface area contributed by atoms with Crippen LogP contribution in [0.25, 0.3) is 11.3 Å². The molecule has 0 atom stereocenters. The lowest BCUT2D eigenvalue weighted by molar-refractivity contribution is 0.593. The van der Waals surface area contributed by atoms with Gasteiger partial charge in [-0.05, 0) is 30.7 Å². The van der Waals surface area contributed by atoms with Crippen molar-refractivity contribution in [3.8, 4) is 11.3 Å². The van der Waals surface area contributed by atoms with Crippen LogP contribution in [0.5, 0.6) is 0 Å². The molecule has 0 aliphatic carbocycles. The molecule has 0 bridgehead atoms. The largest absolute Gasteiger partial charge is 0.366 e. The molecular formula is C22H24FN5. The van der Waals surface area contributed by atoms with Gasteiger partial charge in [0, 0.05) is 38.3 Å². The van der Waals surface area contributed by atoms with Crippen LogP contribution in [0, 0.1) is 12.7 Å². The zero-order chi connectivity index (χ0) is 19.5. The Morgan fingerprint density at radius 1 is 0.929 bits per heavy atom. The maximum Gasteiger partial charge on any atom is 0.226 e. The number of nitrogens with two attached hydrogens (primary N) is 1. The molecule has 1 aliphatic heterocycles. The number of hydrogen-bond acceptors (Lipinski definition) is 5. The maximum atomic E-state index is 14.1. The van der Waals surface area contributed by atoms with Crippen LogP contribution in [0.1, 0.15) is 11.3 Å². The van der Waals surface area contributed by atoms with Gasteiger partial charge >= 0.3 is 0 Å². The molecule has 1 fully saturated rings. The highest BCUT2D eigenvalue weighted by Crippen LogP contribution is 2.25. The molecule has 4 rings (SSSR count). The Kier molecular flexibility index (Phi) is 5.21. The van der Waals surface area contributed by atoms with Gasteiger partial charge in [0.25, 0.3) is 0 Å². The highest BCUT2D eigenvalue weighted by atomic mass is 19.1. The zero-order valence-corrected chi connectivity index (χ0v) is 16.0. The third-order valence-corrected chi connectivity index (χ3v) is 5.15. The highest BCUT2D eigenvalue weighted by Gasteiger charge is 2.22. The van der Waals surface area contributed by atoms with Crippen molar-refractivity contribution in [2.75, 3.05) is 36.0 Å². The lowest BCUT2D eigenvalue weighted by Crippen LogP contribution is -2.47. The second-order valence-electron chi connectivity index (χ2n) is 6.99. The molecule has 0 saturated carbocycles. The fourth-order valence-electron chi connectivity index (χ4n) is 3.58. The summed E-state index contributed by atoms with van der Waals surface area (Å²) in [6.45, 7) is 5.34. The minimum Gasteiger partial charge on any atom is -0.366 e. The molecule has 5 nitrogen and oxygen atoms in total. The molecule has 1 saturated heterocycles. The van der Waals surface area contributed by atoms with Crippen molar-refractivity contribution in [2.45, 2.75) is 13.5 Å². The van der Waals surface area contributed by atoms with E-state index >= 15 is 0 Å². The van der Waals surface area contributed by atoms with E-state index in [4.69, 9.17) is 10.7 Å². The molecule has 2 N–H and O–H groups in total. The Morgan fingerprint density at radius 3 is 2.32 bits per heavy atom. The first-order chi connectivity index (χ1) is 13.7. The van der Waals surface area contributed by atoms with E-state index in [0.29, 0.717) is 18.2 Å². The number of aromatic nitrogens is 2. The van der Waals surface area contributed by atoms with Crippen molar-refractivity contribution in [3.63, 3.8) is 0 Å². The predicted molar refractivity (Wildman–Crippen MR) is 111 cm³/mol. The monoisotopic (exact) mass is 377 g/mol. The van der Waals surface area contributed by atoms with Gasteiger partial charge < -0.3 is 15.5 Å². The predicted octanol–water partition coefficient (Wildman–Crippen LogP) is 3.38. The Labute approximate surface area is 164 Å². The summed E-state index contributed by atoms with van der Waals surface area (Å²) in [5, 5.41) is 0. The summed E-state index contributed by atoms with van der Waals surface area (Å²) in [6.07, 6.45) is 0. The van der Waals surface area contributed by atoms with Crippen LogP contribution < -0.4 is 15.5 Å². The van der Waals surface area contributed by atoms with Crippen LogP contribution in [0.4, 0.5) is 16.0 Å². The molecule has 3 aromatic rings. The van der Waals surface area contributed by atoms with Gasteiger partial charge in [-0.3, -0.25) is 0 Å². The molecular weight excluding hydrogens is 353 g/mol. The number of nitrogens with zero attached hydrogens (tertiary/aromatic N) is 4. The molecule has 28 heavy (non-hydrogen) atoms. The molecule has 144 valence electrons. The van der Waals surface area contributed by atoms with Crippen molar-refractivity contribution < 1.29 is 4.39 Å². The van der Waals surface area contributed by atoms with Gasteiger partial charge in [-0.1, -0.05) is 36.4 Å². The molecule has 1 aromatic heterocycles. The summed E-state index contributed by atoms with van der Waals surface area (Å²) in [6, 6.07) is 17.1. The lowest BCUT2D eigenvalue weighted by Gasteiger charge is -2.36. The van der Waals surface area contributed by atoms with Crippen LogP contribution in [-0.2, 0) is 6.54 Å². The van der Waals surface area contributed by atoms with E-state index in [1.165, 1.54) is 11.6 Å². The number of para-hydroxylation sites is 1. The highest BCUT2D eigenvalue weighted by molar-refractivity contribution is 5.65. The van der Waals surface area contributed by atoms with E-state index in [9.17, 15) is 4.39 Å². The Hall–Kier alpha value is -2.99. The topological polar surface area (TPSA) is 58.3 Å². The fourth-order valence-corrected chi connectivity index (χ4v) is 3.58. The number of benzene rings is 2. The number of piperazine rings is 1. The van der Waals surface area contributed by atoms with Gasteiger partial charge in [0.1, 0.15) is 5.82 Å². The van der Waals surface area contributed by atoms with Crippen molar-refractivity contribution in [1.82, 2.24) is 9.97 Å². The quantitative estimate of drug-likeness (QED) is 0.755.